The van der Waals surface area contributed by atoms with Crippen molar-refractivity contribution in [3.8, 4) is 11.1 Å². The molecule has 0 bridgehead atoms. The first-order valence-corrected chi connectivity index (χ1v) is 14.9. The van der Waals surface area contributed by atoms with Gasteiger partial charge in [-0.2, -0.15) is 0 Å². The highest BCUT2D eigenvalue weighted by atomic mass is 32.2. The zero-order valence-corrected chi connectivity index (χ0v) is 24.1. The Morgan fingerprint density at radius 3 is 2.33 bits per heavy atom. The van der Waals surface area contributed by atoms with E-state index in [0.29, 0.717) is 11.6 Å². The number of hydrogen-bond donors (Lipinski definition) is 2. The first kappa shape index (κ1) is 29.6. The van der Waals surface area contributed by atoms with E-state index in [1.807, 2.05) is 49.4 Å². The van der Waals surface area contributed by atoms with Gasteiger partial charge in [-0.25, -0.2) is 4.79 Å². The lowest BCUT2D eigenvalue weighted by Gasteiger charge is -2.39. The predicted molar refractivity (Wildman–Crippen MR) is 157 cm³/mol. The SMILES string of the molecule is Cc1ccccc1-c1cc(CN(C2CC2)C(C)(C)Cc2ccccc2)ccc1C(=O)NC(CCS(=O)[O-])C(=O)O. The van der Waals surface area contributed by atoms with Crippen LogP contribution in [0.2, 0.25) is 0 Å². The highest BCUT2D eigenvalue weighted by Gasteiger charge is 2.38. The summed E-state index contributed by atoms with van der Waals surface area (Å²) in [5, 5.41) is 12.1. The number of aryl methyl sites for hydroxylation is 1. The molecule has 8 heteroatoms. The van der Waals surface area contributed by atoms with Crippen LogP contribution >= 0.6 is 0 Å². The Balaban J connectivity index is 1.65. The Kier molecular flexibility index (Phi) is 9.56. The number of carbonyl (C=O) groups excluding carboxylic acids is 1. The molecule has 1 amide bonds. The molecule has 2 unspecified atom stereocenters. The van der Waals surface area contributed by atoms with Crippen molar-refractivity contribution in [1.29, 1.82) is 0 Å². The summed E-state index contributed by atoms with van der Waals surface area (Å²) in [6.45, 7) is 7.26. The quantitative estimate of drug-likeness (QED) is 0.281. The highest BCUT2D eigenvalue weighted by Crippen LogP contribution is 2.37. The molecule has 1 aliphatic carbocycles. The maximum atomic E-state index is 13.4. The van der Waals surface area contributed by atoms with E-state index in [1.54, 1.807) is 6.07 Å². The summed E-state index contributed by atoms with van der Waals surface area (Å²) in [6.07, 6.45) is 3.03. The van der Waals surface area contributed by atoms with Crippen LogP contribution in [0.3, 0.4) is 0 Å². The third kappa shape index (κ3) is 7.65. The van der Waals surface area contributed by atoms with Crippen molar-refractivity contribution in [3.05, 3.63) is 95.1 Å². The van der Waals surface area contributed by atoms with Crippen molar-refractivity contribution >= 4 is 23.0 Å². The predicted octanol–water partition coefficient (Wildman–Crippen LogP) is 5.10. The molecule has 0 radical (unpaired) electrons. The van der Waals surface area contributed by atoms with Crippen molar-refractivity contribution in [1.82, 2.24) is 10.2 Å². The Hall–Kier alpha value is -3.33. The Morgan fingerprint density at radius 1 is 1.02 bits per heavy atom. The second-order valence-corrected chi connectivity index (χ2v) is 12.2. The summed E-state index contributed by atoms with van der Waals surface area (Å²) in [7, 11) is 0. The number of aliphatic carboxylic acids is 1. The first-order chi connectivity index (χ1) is 19.0. The van der Waals surface area contributed by atoms with E-state index < -0.39 is 29.0 Å². The van der Waals surface area contributed by atoms with Gasteiger partial charge >= 0.3 is 5.97 Å². The summed E-state index contributed by atoms with van der Waals surface area (Å²) < 4.78 is 22.0. The molecular weight excluding hydrogens is 524 g/mol. The van der Waals surface area contributed by atoms with Crippen LogP contribution in [0.25, 0.3) is 11.1 Å². The van der Waals surface area contributed by atoms with Gasteiger partial charge in [0.05, 0.1) is 0 Å². The molecule has 7 nitrogen and oxygen atoms in total. The number of nitrogens with one attached hydrogen (secondary N) is 1. The smallest absolute Gasteiger partial charge is 0.326 e. The molecule has 40 heavy (non-hydrogen) atoms. The second-order valence-electron chi connectivity index (χ2n) is 11.2. The molecule has 2 atom stereocenters. The van der Waals surface area contributed by atoms with Crippen molar-refractivity contribution in [2.24, 2.45) is 0 Å². The average Bonchev–Trinajstić information content (AvgIpc) is 3.75. The van der Waals surface area contributed by atoms with Gasteiger partial charge in [0, 0.05) is 29.4 Å². The lowest BCUT2D eigenvalue weighted by atomic mass is 9.90. The monoisotopic (exact) mass is 561 g/mol. The highest BCUT2D eigenvalue weighted by molar-refractivity contribution is 7.79. The number of carboxylic acids is 1. The van der Waals surface area contributed by atoms with Gasteiger partial charge in [0.2, 0.25) is 0 Å². The molecule has 0 saturated heterocycles. The van der Waals surface area contributed by atoms with Crippen LogP contribution in [-0.4, -0.2) is 54.0 Å². The topological polar surface area (TPSA) is 110 Å². The molecule has 4 rings (SSSR count). The van der Waals surface area contributed by atoms with E-state index in [1.165, 1.54) is 5.56 Å². The molecule has 1 aliphatic rings. The summed E-state index contributed by atoms with van der Waals surface area (Å²) >= 11 is -2.40. The fourth-order valence-corrected chi connectivity index (χ4v) is 5.74. The number of hydrogen-bond acceptors (Lipinski definition) is 5. The normalized spacial score (nSPS) is 15.0. The molecule has 0 aromatic heterocycles. The fourth-order valence-electron chi connectivity index (χ4n) is 5.31. The number of nitrogens with zero attached hydrogens (tertiary/aromatic N) is 1. The molecule has 1 saturated carbocycles. The van der Waals surface area contributed by atoms with E-state index in [2.05, 4.69) is 48.3 Å². The van der Waals surface area contributed by atoms with Crippen molar-refractivity contribution in [2.75, 3.05) is 5.75 Å². The number of carboxylic acid groups (broad SMARTS) is 1. The van der Waals surface area contributed by atoms with E-state index >= 15 is 0 Å². The van der Waals surface area contributed by atoms with Crippen molar-refractivity contribution in [2.45, 2.75) is 70.6 Å². The summed E-state index contributed by atoms with van der Waals surface area (Å²) in [5.41, 5.74) is 5.24. The number of benzene rings is 3. The summed E-state index contributed by atoms with van der Waals surface area (Å²) in [5.74, 6) is -2.16. The van der Waals surface area contributed by atoms with Crippen LogP contribution in [0.15, 0.2) is 72.8 Å². The molecule has 3 aromatic rings. The Labute approximate surface area is 238 Å². The van der Waals surface area contributed by atoms with E-state index in [4.69, 9.17) is 0 Å². The van der Waals surface area contributed by atoms with E-state index in [-0.39, 0.29) is 17.7 Å². The number of rotatable bonds is 13. The zero-order chi connectivity index (χ0) is 28.9. The average molecular weight is 562 g/mol. The van der Waals surface area contributed by atoms with Crippen LogP contribution < -0.4 is 5.32 Å². The van der Waals surface area contributed by atoms with Crippen LogP contribution in [0.1, 0.15) is 60.2 Å². The molecule has 212 valence electrons. The van der Waals surface area contributed by atoms with Gasteiger partial charge < -0.3 is 15.0 Å². The minimum Gasteiger partial charge on any atom is -0.772 e. The fraction of sp³-hybridized carbons (Fsp3) is 0.375. The number of carbonyl (C=O) groups is 2. The standard InChI is InChI=1S/C32H38N2O5S/c1-22-9-7-8-12-26(22)28-19-24(13-16-27(28)30(35)33-29(31(36)37)17-18-40(38)39)21-34(25-14-15-25)32(2,3)20-23-10-5-4-6-11-23/h4-13,16,19,25,29H,14-15,17-18,20-21H2,1-3H3,(H,33,35)(H,36,37)(H,38,39)/p-1. The van der Waals surface area contributed by atoms with Gasteiger partial charge in [-0.3, -0.25) is 13.9 Å². The van der Waals surface area contributed by atoms with Crippen molar-refractivity contribution < 1.29 is 23.5 Å². The molecule has 0 aliphatic heterocycles. The third-order valence-corrected chi connectivity index (χ3v) is 8.11. The first-order valence-electron chi connectivity index (χ1n) is 13.6. The lowest BCUT2D eigenvalue weighted by molar-refractivity contribution is -0.139. The molecule has 3 aromatic carbocycles. The van der Waals surface area contributed by atoms with Crippen LogP contribution in [0.5, 0.6) is 0 Å². The van der Waals surface area contributed by atoms with Gasteiger partial charge in [-0.1, -0.05) is 71.7 Å². The largest absolute Gasteiger partial charge is 0.772 e. The second kappa shape index (κ2) is 12.9. The van der Waals surface area contributed by atoms with Crippen LogP contribution in [0, 0.1) is 6.92 Å². The molecular formula is C32H37N2O5S-. The Bertz CT molecular complexity index is 1370. The summed E-state index contributed by atoms with van der Waals surface area (Å²) in [6, 6.07) is 23.2. The Morgan fingerprint density at radius 2 is 1.70 bits per heavy atom. The van der Waals surface area contributed by atoms with Gasteiger partial charge in [0.25, 0.3) is 5.91 Å². The minimum atomic E-state index is -2.40. The maximum absolute atomic E-state index is 13.4. The van der Waals surface area contributed by atoms with Crippen LogP contribution in [-0.2, 0) is 28.8 Å². The van der Waals surface area contributed by atoms with Crippen LogP contribution in [0.4, 0.5) is 0 Å². The molecule has 0 spiro atoms. The third-order valence-electron chi connectivity index (χ3n) is 7.54. The zero-order valence-electron chi connectivity index (χ0n) is 23.3. The van der Waals surface area contributed by atoms with Crippen molar-refractivity contribution in [3.63, 3.8) is 0 Å². The lowest BCUT2D eigenvalue weighted by Crippen LogP contribution is -2.46. The molecule has 2 N–H and O–H groups in total. The van der Waals surface area contributed by atoms with Gasteiger partial charge in [0.15, 0.2) is 0 Å². The summed E-state index contributed by atoms with van der Waals surface area (Å²) in [4.78, 5) is 27.7. The van der Waals surface area contributed by atoms with Gasteiger partial charge in [-0.05, 0) is 86.4 Å². The number of amides is 1. The minimum absolute atomic E-state index is 0.0856. The van der Waals surface area contributed by atoms with E-state index in [0.717, 1.165) is 48.1 Å². The molecule has 1 fully saturated rings. The molecule has 0 heterocycles. The van der Waals surface area contributed by atoms with Gasteiger partial charge in [0.1, 0.15) is 6.04 Å². The maximum Gasteiger partial charge on any atom is 0.326 e. The van der Waals surface area contributed by atoms with Gasteiger partial charge in [-0.15, -0.1) is 0 Å². The van der Waals surface area contributed by atoms with E-state index in [9.17, 15) is 23.5 Å².